The Morgan fingerprint density at radius 2 is 1.93 bits per heavy atom. The quantitative estimate of drug-likeness (QED) is 0.646. The molecule has 0 aliphatic carbocycles. The first-order valence-corrected chi connectivity index (χ1v) is 6.85. The van der Waals surface area contributed by atoms with Crippen molar-refractivity contribution in [3.8, 4) is 0 Å². The van der Waals surface area contributed by atoms with Crippen LogP contribution in [-0.2, 0) is 9.84 Å². The van der Waals surface area contributed by atoms with Gasteiger partial charge in [-0.2, -0.15) is 0 Å². The fourth-order valence-corrected chi connectivity index (χ4v) is 2.15. The summed E-state index contributed by atoms with van der Waals surface area (Å²) in [4.78, 5) is 0. The SMILES string of the molecule is CCC(O)CNC(C)CS(=O)(=O)CC. The first-order chi connectivity index (χ1) is 6.41. The van der Waals surface area contributed by atoms with Gasteiger partial charge in [-0.25, -0.2) is 8.42 Å². The van der Waals surface area contributed by atoms with E-state index >= 15 is 0 Å². The number of aliphatic hydroxyl groups excluding tert-OH is 1. The van der Waals surface area contributed by atoms with Crippen molar-refractivity contribution >= 4 is 9.84 Å². The summed E-state index contributed by atoms with van der Waals surface area (Å²) in [5, 5.41) is 12.2. The Hall–Kier alpha value is -0.130. The number of sulfone groups is 1. The van der Waals surface area contributed by atoms with Crippen molar-refractivity contribution in [2.75, 3.05) is 18.1 Å². The third-order valence-corrected chi connectivity index (χ3v) is 4.00. The molecule has 0 aromatic rings. The minimum atomic E-state index is -2.92. The van der Waals surface area contributed by atoms with Crippen LogP contribution in [0.5, 0.6) is 0 Å². The van der Waals surface area contributed by atoms with Crippen LogP contribution in [0.2, 0.25) is 0 Å². The van der Waals surface area contributed by atoms with E-state index in [-0.39, 0.29) is 23.7 Å². The molecule has 0 saturated carbocycles. The lowest BCUT2D eigenvalue weighted by Crippen LogP contribution is -2.38. The van der Waals surface area contributed by atoms with Crippen molar-refractivity contribution in [2.24, 2.45) is 0 Å². The Labute approximate surface area is 86.6 Å². The molecule has 0 aromatic carbocycles. The second-order valence-corrected chi connectivity index (χ2v) is 5.97. The summed E-state index contributed by atoms with van der Waals surface area (Å²) in [6.07, 6.45) is 0.294. The Morgan fingerprint density at radius 1 is 1.36 bits per heavy atom. The van der Waals surface area contributed by atoms with Crippen LogP contribution in [-0.4, -0.2) is 43.7 Å². The first kappa shape index (κ1) is 13.9. The van der Waals surface area contributed by atoms with Crippen molar-refractivity contribution in [2.45, 2.75) is 39.3 Å². The lowest BCUT2D eigenvalue weighted by atomic mass is 10.2. The van der Waals surface area contributed by atoms with Gasteiger partial charge in [0.05, 0.1) is 11.9 Å². The maximum absolute atomic E-state index is 11.2. The fraction of sp³-hybridized carbons (Fsp3) is 1.00. The molecule has 0 aliphatic rings. The third-order valence-electron chi connectivity index (χ3n) is 2.12. The molecule has 2 unspecified atom stereocenters. The summed E-state index contributed by atoms with van der Waals surface area (Å²) >= 11 is 0. The van der Waals surface area contributed by atoms with Gasteiger partial charge in [-0.15, -0.1) is 0 Å². The van der Waals surface area contributed by atoms with E-state index in [0.29, 0.717) is 13.0 Å². The summed E-state index contributed by atoms with van der Waals surface area (Å²) in [6.45, 7) is 5.80. The summed E-state index contributed by atoms with van der Waals surface area (Å²) in [5.74, 6) is 0.315. The molecule has 14 heavy (non-hydrogen) atoms. The van der Waals surface area contributed by atoms with Gasteiger partial charge in [-0.05, 0) is 13.3 Å². The fourth-order valence-electron chi connectivity index (χ4n) is 1.04. The minimum Gasteiger partial charge on any atom is -0.392 e. The number of hydrogen-bond acceptors (Lipinski definition) is 4. The van der Waals surface area contributed by atoms with Crippen molar-refractivity contribution in [3.05, 3.63) is 0 Å². The smallest absolute Gasteiger partial charge is 0.151 e. The molecule has 0 aromatic heterocycles. The van der Waals surface area contributed by atoms with E-state index in [1.165, 1.54) is 0 Å². The Morgan fingerprint density at radius 3 is 2.36 bits per heavy atom. The zero-order valence-electron chi connectivity index (χ0n) is 9.16. The van der Waals surface area contributed by atoms with E-state index in [2.05, 4.69) is 5.32 Å². The van der Waals surface area contributed by atoms with Crippen LogP contribution in [0.4, 0.5) is 0 Å². The summed E-state index contributed by atoms with van der Waals surface area (Å²) < 4.78 is 22.4. The van der Waals surface area contributed by atoms with Crippen LogP contribution in [0.25, 0.3) is 0 Å². The zero-order chi connectivity index (χ0) is 11.2. The molecule has 2 N–H and O–H groups in total. The number of rotatable bonds is 7. The summed E-state index contributed by atoms with van der Waals surface area (Å²) in [7, 11) is -2.92. The van der Waals surface area contributed by atoms with Crippen molar-refractivity contribution in [1.29, 1.82) is 0 Å². The van der Waals surface area contributed by atoms with Gasteiger partial charge in [0.1, 0.15) is 0 Å². The predicted octanol–water partition coefficient (Wildman–Crippen LogP) is 0.170. The highest BCUT2D eigenvalue weighted by Gasteiger charge is 2.13. The van der Waals surface area contributed by atoms with Crippen LogP contribution in [0, 0.1) is 0 Å². The molecule has 86 valence electrons. The minimum absolute atomic E-state index is 0.0962. The van der Waals surface area contributed by atoms with E-state index in [1.54, 1.807) is 6.92 Å². The van der Waals surface area contributed by atoms with Gasteiger partial charge in [-0.1, -0.05) is 13.8 Å². The Bertz CT molecular complexity index is 238. The van der Waals surface area contributed by atoms with Crippen LogP contribution in [0.15, 0.2) is 0 Å². The van der Waals surface area contributed by atoms with E-state index in [4.69, 9.17) is 0 Å². The molecule has 0 rings (SSSR count). The molecule has 0 radical (unpaired) electrons. The highest BCUT2D eigenvalue weighted by Crippen LogP contribution is 1.95. The van der Waals surface area contributed by atoms with Crippen molar-refractivity contribution in [3.63, 3.8) is 0 Å². The number of aliphatic hydroxyl groups is 1. The number of nitrogens with one attached hydrogen (secondary N) is 1. The van der Waals surface area contributed by atoms with Crippen molar-refractivity contribution < 1.29 is 13.5 Å². The molecule has 0 aliphatic heterocycles. The van der Waals surface area contributed by atoms with Crippen LogP contribution in [0.3, 0.4) is 0 Å². The molecule has 2 atom stereocenters. The van der Waals surface area contributed by atoms with Gasteiger partial charge in [0.2, 0.25) is 0 Å². The molecule has 0 fully saturated rings. The first-order valence-electron chi connectivity index (χ1n) is 5.03. The largest absolute Gasteiger partial charge is 0.392 e. The van der Waals surface area contributed by atoms with E-state index in [1.807, 2.05) is 13.8 Å². The molecule has 0 heterocycles. The average molecular weight is 223 g/mol. The molecular weight excluding hydrogens is 202 g/mol. The standard InChI is InChI=1S/C9H21NO3S/c1-4-9(11)6-10-8(3)7-14(12,13)5-2/h8-11H,4-7H2,1-3H3. The van der Waals surface area contributed by atoms with Gasteiger partial charge in [-0.3, -0.25) is 0 Å². The van der Waals surface area contributed by atoms with Crippen LogP contribution >= 0.6 is 0 Å². The molecule has 4 nitrogen and oxygen atoms in total. The van der Waals surface area contributed by atoms with E-state index in [9.17, 15) is 13.5 Å². The average Bonchev–Trinajstić information content (AvgIpc) is 2.13. The predicted molar refractivity (Wildman–Crippen MR) is 58.1 cm³/mol. The highest BCUT2D eigenvalue weighted by molar-refractivity contribution is 7.91. The maximum atomic E-state index is 11.2. The number of hydrogen-bond donors (Lipinski definition) is 2. The second kappa shape index (κ2) is 6.37. The molecule has 5 heteroatoms. The van der Waals surface area contributed by atoms with Crippen LogP contribution in [0.1, 0.15) is 27.2 Å². The maximum Gasteiger partial charge on any atom is 0.151 e. The second-order valence-electron chi connectivity index (χ2n) is 3.57. The van der Waals surface area contributed by atoms with E-state index in [0.717, 1.165) is 0 Å². The van der Waals surface area contributed by atoms with Gasteiger partial charge in [0.25, 0.3) is 0 Å². The zero-order valence-corrected chi connectivity index (χ0v) is 9.97. The lowest BCUT2D eigenvalue weighted by molar-refractivity contribution is 0.164. The lowest BCUT2D eigenvalue weighted by Gasteiger charge is -2.15. The Balaban J connectivity index is 3.82. The van der Waals surface area contributed by atoms with E-state index < -0.39 is 9.84 Å². The summed E-state index contributed by atoms with van der Waals surface area (Å²) in [6, 6.07) is -0.0962. The Kier molecular flexibility index (Phi) is 6.31. The van der Waals surface area contributed by atoms with Crippen molar-refractivity contribution in [1.82, 2.24) is 5.32 Å². The highest BCUT2D eigenvalue weighted by atomic mass is 32.2. The third kappa shape index (κ3) is 6.34. The molecular formula is C9H21NO3S. The summed E-state index contributed by atoms with van der Waals surface area (Å²) in [5.41, 5.74) is 0. The molecule has 0 bridgehead atoms. The van der Waals surface area contributed by atoms with Gasteiger partial charge >= 0.3 is 0 Å². The van der Waals surface area contributed by atoms with Gasteiger partial charge in [0.15, 0.2) is 9.84 Å². The van der Waals surface area contributed by atoms with Gasteiger partial charge < -0.3 is 10.4 Å². The van der Waals surface area contributed by atoms with Gasteiger partial charge in [0, 0.05) is 18.3 Å². The normalized spacial score (nSPS) is 16.6. The molecule has 0 spiro atoms. The topological polar surface area (TPSA) is 66.4 Å². The monoisotopic (exact) mass is 223 g/mol. The molecule has 0 saturated heterocycles. The molecule has 0 amide bonds. The van der Waals surface area contributed by atoms with Crippen LogP contribution < -0.4 is 5.32 Å².